The fraction of sp³-hybridized carbons (Fsp3) is 0.235. The number of hydrogen-bond acceptors (Lipinski definition) is 6. The monoisotopic (exact) mass is 343 g/mol. The molecule has 0 aliphatic rings. The van der Waals surface area contributed by atoms with Crippen LogP contribution in [-0.4, -0.2) is 22.2 Å². The molecule has 6 nitrogen and oxygen atoms in total. The Balaban J connectivity index is 1.75. The number of carbonyl (C=O) groups is 1. The van der Waals surface area contributed by atoms with Crippen molar-refractivity contribution in [3.05, 3.63) is 47.1 Å². The van der Waals surface area contributed by atoms with Crippen molar-refractivity contribution in [3.63, 3.8) is 0 Å². The van der Waals surface area contributed by atoms with E-state index in [0.29, 0.717) is 23.0 Å². The summed E-state index contributed by atoms with van der Waals surface area (Å²) in [6, 6.07) is 8.84. The predicted octanol–water partition coefficient (Wildman–Crippen LogP) is 4.15. The van der Waals surface area contributed by atoms with Gasteiger partial charge in [-0.25, -0.2) is 0 Å². The molecule has 7 heteroatoms. The summed E-state index contributed by atoms with van der Waals surface area (Å²) in [5.74, 6) is 1.48. The molecule has 124 valence electrons. The molecule has 1 aromatic carbocycles. The van der Waals surface area contributed by atoms with Gasteiger partial charge in [0.25, 0.3) is 11.8 Å². The summed E-state index contributed by atoms with van der Waals surface area (Å²) in [5.41, 5.74) is 1.20. The molecular formula is C17H17N3O3S. The van der Waals surface area contributed by atoms with Crippen molar-refractivity contribution in [3.8, 4) is 16.5 Å². The smallest absolute Gasteiger partial charge is 0.270 e. The molecular weight excluding hydrogens is 326 g/mol. The van der Waals surface area contributed by atoms with Gasteiger partial charge in [-0.1, -0.05) is 5.16 Å². The maximum absolute atomic E-state index is 12.4. The van der Waals surface area contributed by atoms with Crippen molar-refractivity contribution in [2.75, 3.05) is 5.32 Å². The van der Waals surface area contributed by atoms with E-state index in [1.54, 1.807) is 31.2 Å². The van der Waals surface area contributed by atoms with E-state index in [2.05, 4.69) is 15.5 Å². The molecule has 0 saturated heterocycles. The molecule has 0 radical (unpaired) electrons. The van der Waals surface area contributed by atoms with Crippen LogP contribution in [0, 0.1) is 6.92 Å². The van der Waals surface area contributed by atoms with Crippen molar-refractivity contribution >= 4 is 22.9 Å². The lowest BCUT2D eigenvalue weighted by molar-refractivity contribution is 0.102. The van der Waals surface area contributed by atoms with E-state index < -0.39 is 0 Å². The van der Waals surface area contributed by atoms with Crippen LogP contribution in [0.2, 0.25) is 0 Å². The van der Waals surface area contributed by atoms with Gasteiger partial charge >= 0.3 is 0 Å². The van der Waals surface area contributed by atoms with Gasteiger partial charge < -0.3 is 14.6 Å². The van der Waals surface area contributed by atoms with Gasteiger partial charge in [0, 0.05) is 5.56 Å². The Labute approximate surface area is 143 Å². The summed E-state index contributed by atoms with van der Waals surface area (Å²) in [7, 11) is 0. The standard InChI is InChI=1S/C17H17N3O3S/c1-10(2)22-13-6-4-12(5-7-13)16(21)19-14-8-9-24-15(14)17-18-11(3)20-23-17/h4-10H,1-3H3,(H,19,21). The van der Waals surface area contributed by atoms with E-state index in [4.69, 9.17) is 9.26 Å². The van der Waals surface area contributed by atoms with Gasteiger partial charge in [0.15, 0.2) is 5.82 Å². The Morgan fingerprint density at radius 2 is 2.00 bits per heavy atom. The predicted molar refractivity (Wildman–Crippen MR) is 92.5 cm³/mol. The zero-order valence-corrected chi connectivity index (χ0v) is 14.4. The number of anilines is 1. The first-order chi connectivity index (χ1) is 11.5. The summed E-state index contributed by atoms with van der Waals surface area (Å²) < 4.78 is 10.7. The third-order valence-corrected chi connectivity index (χ3v) is 4.03. The average Bonchev–Trinajstić information content (AvgIpc) is 3.16. The Morgan fingerprint density at radius 1 is 1.25 bits per heavy atom. The van der Waals surface area contributed by atoms with E-state index in [0.717, 1.165) is 10.6 Å². The quantitative estimate of drug-likeness (QED) is 0.753. The molecule has 0 aliphatic heterocycles. The molecule has 1 amide bonds. The van der Waals surface area contributed by atoms with Gasteiger partial charge in [0.05, 0.1) is 11.8 Å². The lowest BCUT2D eigenvalue weighted by atomic mass is 10.2. The number of aromatic nitrogens is 2. The van der Waals surface area contributed by atoms with Crippen LogP contribution in [0.3, 0.4) is 0 Å². The second-order valence-electron chi connectivity index (χ2n) is 5.46. The molecule has 3 aromatic rings. The largest absolute Gasteiger partial charge is 0.491 e. The average molecular weight is 343 g/mol. The fourth-order valence-electron chi connectivity index (χ4n) is 2.11. The van der Waals surface area contributed by atoms with Gasteiger partial charge in [-0.05, 0) is 56.5 Å². The van der Waals surface area contributed by atoms with Crippen LogP contribution in [0.4, 0.5) is 5.69 Å². The van der Waals surface area contributed by atoms with Gasteiger partial charge in [-0.15, -0.1) is 11.3 Å². The molecule has 2 heterocycles. The lowest BCUT2D eigenvalue weighted by Gasteiger charge is -2.10. The zero-order chi connectivity index (χ0) is 17.1. The number of ether oxygens (including phenoxy) is 1. The first-order valence-electron chi connectivity index (χ1n) is 7.49. The Bertz CT molecular complexity index is 837. The van der Waals surface area contributed by atoms with Crippen molar-refractivity contribution in [2.45, 2.75) is 26.9 Å². The number of aryl methyl sites for hydroxylation is 1. The molecule has 0 fully saturated rings. The van der Waals surface area contributed by atoms with Crippen LogP contribution in [0.25, 0.3) is 10.8 Å². The first kappa shape index (κ1) is 16.2. The molecule has 3 rings (SSSR count). The highest BCUT2D eigenvalue weighted by Crippen LogP contribution is 2.32. The second-order valence-corrected chi connectivity index (χ2v) is 6.37. The van der Waals surface area contributed by atoms with E-state index in [9.17, 15) is 4.79 Å². The topological polar surface area (TPSA) is 77.2 Å². The lowest BCUT2D eigenvalue weighted by Crippen LogP contribution is -2.12. The fourth-order valence-corrected chi connectivity index (χ4v) is 2.88. The minimum atomic E-state index is -0.206. The molecule has 2 aromatic heterocycles. The van der Waals surface area contributed by atoms with Crippen molar-refractivity contribution in [2.24, 2.45) is 0 Å². The SMILES string of the molecule is Cc1noc(-c2sccc2NC(=O)c2ccc(OC(C)C)cc2)n1. The number of thiophene rings is 1. The van der Waals surface area contributed by atoms with Crippen molar-refractivity contribution < 1.29 is 14.1 Å². The highest BCUT2D eigenvalue weighted by atomic mass is 32.1. The maximum Gasteiger partial charge on any atom is 0.270 e. The maximum atomic E-state index is 12.4. The van der Waals surface area contributed by atoms with E-state index in [1.165, 1.54) is 11.3 Å². The zero-order valence-electron chi connectivity index (χ0n) is 13.6. The number of hydrogen-bond donors (Lipinski definition) is 1. The van der Waals surface area contributed by atoms with Gasteiger partial charge in [0.1, 0.15) is 10.6 Å². The van der Waals surface area contributed by atoms with Crippen LogP contribution < -0.4 is 10.1 Å². The number of nitrogens with zero attached hydrogens (tertiary/aromatic N) is 2. The number of rotatable bonds is 5. The number of amides is 1. The second kappa shape index (κ2) is 6.84. The van der Waals surface area contributed by atoms with Gasteiger partial charge in [0.2, 0.25) is 0 Å². The van der Waals surface area contributed by atoms with Crippen LogP contribution in [0.1, 0.15) is 30.0 Å². The van der Waals surface area contributed by atoms with Gasteiger partial charge in [-0.3, -0.25) is 4.79 Å². The molecule has 0 spiro atoms. The first-order valence-corrected chi connectivity index (χ1v) is 8.37. The van der Waals surface area contributed by atoms with Crippen LogP contribution in [0.5, 0.6) is 5.75 Å². The van der Waals surface area contributed by atoms with Crippen LogP contribution in [-0.2, 0) is 0 Å². The van der Waals surface area contributed by atoms with E-state index in [1.807, 2.05) is 25.3 Å². The molecule has 0 aliphatic carbocycles. The summed E-state index contributed by atoms with van der Waals surface area (Å²) in [6.45, 7) is 5.66. The summed E-state index contributed by atoms with van der Waals surface area (Å²) in [5, 5.41) is 8.52. The molecule has 24 heavy (non-hydrogen) atoms. The highest BCUT2D eigenvalue weighted by Gasteiger charge is 2.16. The number of benzene rings is 1. The Morgan fingerprint density at radius 3 is 2.62 bits per heavy atom. The van der Waals surface area contributed by atoms with Gasteiger partial charge in [-0.2, -0.15) is 4.98 Å². The van der Waals surface area contributed by atoms with Crippen molar-refractivity contribution in [1.82, 2.24) is 10.1 Å². The third kappa shape index (κ3) is 3.62. The molecule has 1 N–H and O–H groups in total. The van der Waals surface area contributed by atoms with Crippen LogP contribution in [0.15, 0.2) is 40.2 Å². The molecule has 0 saturated carbocycles. The van der Waals surface area contributed by atoms with E-state index >= 15 is 0 Å². The van der Waals surface area contributed by atoms with Crippen molar-refractivity contribution in [1.29, 1.82) is 0 Å². The molecule has 0 atom stereocenters. The third-order valence-electron chi connectivity index (χ3n) is 3.12. The minimum Gasteiger partial charge on any atom is -0.491 e. The molecule has 0 unspecified atom stereocenters. The Kier molecular flexibility index (Phi) is 4.61. The van der Waals surface area contributed by atoms with E-state index in [-0.39, 0.29) is 12.0 Å². The summed E-state index contributed by atoms with van der Waals surface area (Å²) in [4.78, 5) is 17.4. The Hall–Kier alpha value is -2.67. The number of carbonyl (C=O) groups excluding carboxylic acids is 1. The molecule has 0 bridgehead atoms. The normalized spacial score (nSPS) is 10.8. The van der Waals surface area contributed by atoms with Crippen LogP contribution >= 0.6 is 11.3 Å². The minimum absolute atomic E-state index is 0.0934. The summed E-state index contributed by atoms with van der Waals surface area (Å²) >= 11 is 1.43. The number of nitrogens with one attached hydrogen (secondary N) is 1. The summed E-state index contributed by atoms with van der Waals surface area (Å²) in [6.07, 6.45) is 0.0934. The highest BCUT2D eigenvalue weighted by molar-refractivity contribution is 7.14.